The van der Waals surface area contributed by atoms with Gasteiger partial charge in [-0.25, -0.2) is 4.39 Å². The molecular weight excluding hydrogens is 277 g/mol. The Balaban J connectivity index is 2.41. The maximum absolute atomic E-state index is 13.6. The Labute approximate surface area is 117 Å². The van der Waals surface area contributed by atoms with Crippen LogP contribution in [0.3, 0.4) is 0 Å². The van der Waals surface area contributed by atoms with Gasteiger partial charge in [-0.3, -0.25) is 0 Å². The lowest BCUT2D eigenvalue weighted by atomic mass is 9.79. The van der Waals surface area contributed by atoms with Crippen LogP contribution in [0.1, 0.15) is 27.7 Å². The highest BCUT2D eigenvalue weighted by atomic mass is 35.5. The molecule has 1 heterocycles. The minimum Gasteiger partial charge on any atom is -0.399 e. The Kier molecular flexibility index (Phi) is 3.44. The van der Waals surface area contributed by atoms with Gasteiger partial charge in [-0.1, -0.05) is 23.2 Å². The van der Waals surface area contributed by atoms with Gasteiger partial charge in [-0.2, -0.15) is 0 Å². The summed E-state index contributed by atoms with van der Waals surface area (Å²) in [6, 6.07) is 2.73. The molecule has 18 heavy (non-hydrogen) atoms. The molecule has 0 atom stereocenters. The molecule has 0 spiro atoms. The Morgan fingerprint density at radius 3 is 2.06 bits per heavy atom. The minimum absolute atomic E-state index is 0.0158. The van der Waals surface area contributed by atoms with Crippen LogP contribution in [0.25, 0.3) is 0 Å². The average molecular weight is 291 g/mol. The number of benzene rings is 1. The molecule has 2 rings (SSSR count). The molecule has 1 aliphatic heterocycles. The molecule has 0 saturated carbocycles. The van der Waals surface area contributed by atoms with Gasteiger partial charge in [0.25, 0.3) is 0 Å². The fourth-order valence-electron chi connectivity index (χ4n) is 1.72. The summed E-state index contributed by atoms with van der Waals surface area (Å²) in [6.07, 6.45) is 0. The Hall–Kier alpha value is -0.285. The van der Waals surface area contributed by atoms with E-state index in [1.165, 1.54) is 6.07 Å². The Morgan fingerprint density at radius 2 is 1.56 bits per heavy atom. The molecular formula is C12H14BCl2FO2. The van der Waals surface area contributed by atoms with Crippen molar-refractivity contribution in [1.29, 1.82) is 0 Å². The summed E-state index contributed by atoms with van der Waals surface area (Å²) in [5, 5.41) is 0.250. The van der Waals surface area contributed by atoms with Gasteiger partial charge in [0.15, 0.2) is 0 Å². The fourth-order valence-corrected chi connectivity index (χ4v) is 2.13. The zero-order chi connectivity index (χ0) is 13.7. The second kappa shape index (κ2) is 4.38. The first-order valence-corrected chi connectivity index (χ1v) is 6.40. The van der Waals surface area contributed by atoms with Gasteiger partial charge in [0, 0.05) is 10.5 Å². The number of hydrogen-bond acceptors (Lipinski definition) is 2. The van der Waals surface area contributed by atoms with Crippen molar-refractivity contribution in [2.75, 3.05) is 0 Å². The van der Waals surface area contributed by atoms with Crippen molar-refractivity contribution in [3.05, 3.63) is 28.0 Å². The Bertz CT molecular complexity index is 475. The third-order valence-corrected chi connectivity index (χ3v) is 4.15. The van der Waals surface area contributed by atoms with Crippen molar-refractivity contribution < 1.29 is 13.7 Å². The lowest BCUT2D eigenvalue weighted by molar-refractivity contribution is 0.00578. The van der Waals surface area contributed by atoms with Gasteiger partial charge in [-0.15, -0.1) is 0 Å². The van der Waals surface area contributed by atoms with Gasteiger partial charge in [0.2, 0.25) is 0 Å². The van der Waals surface area contributed by atoms with Crippen LogP contribution in [-0.2, 0) is 9.31 Å². The first-order chi connectivity index (χ1) is 8.14. The lowest BCUT2D eigenvalue weighted by Crippen LogP contribution is -2.41. The highest BCUT2D eigenvalue weighted by molar-refractivity contribution is 6.66. The third-order valence-electron chi connectivity index (χ3n) is 3.53. The van der Waals surface area contributed by atoms with Crippen molar-refractivity contribution in [3.8, 4) is 0 Å². The van der Waals surface area contributed by atoms with E-state index in [9.17, 15) is 4.39 Å². The highest BCUT2D eigenvalue weighted by Gasteiger charge is 2.52. The maximum Gasteiger partial charge on any atom is 0.496 e. The molecule has 0 unspecified atom stereocenters. The normalized spacial score (nSPS) is 21.4. The van der Waals surface area contributed by atoms with E-state index < -0.39 is 24.1 Å². The van der Waals surface area contributed by atoms with E-state index in [0.717, 1.165) is 0 Å². The van der Waals surface area contributed by atoms with Gasteiger partial charge in [0.1, 0.15) is 5.82 Å². The quantitative estimate of drug-likeness (QED) is 0.583. The van der Waals surface area contributed by atoms with Crippen molar-refractivity contribution in [2.45, 2.75) is 38.9 Å². The van der Waals surface area contributed by atoms with Gasteiger partial charge in [0.05, 0.1) is 16.2 Å². The molecule has 0 radical (unpaired) electrons. The number of rotatable bonds is 1. The van der Waals surface area contributed by atoms with E-state index in [0.29, 0.717) is 5.46 Å². The van der Waals surface area contributed by atoms with Gasteiger partial charge < -0.3 is 9.31 Å². The van der Waals surface area contributed by atoms with Crippen LogP contribution in [-0.4, -0.2) is 18.3 Å². The molecule has 1 fully saturated rings. The van der Waals surface area contributed by atoms with Crippen molar-refractivity contribution >= 4 is 35.8 Å². The second-order valence-corrected chi connectivity index (χ2v) is 6.19. The van der Waals surface area contributed by atoms with Crippen LogP contribution >= 0.6 is 23.2 Å². The molecule has 2 nitrogen and oxygen atoms in total. The zero-order valence-electron chi connectivity index (χ0n) is 10.7. The summed E-state index contributed by atoms with van der Waals surface area (Å²) < 4.78 is 25.2. The van der Waals surface area contributed by atoms with E-state index in [2.05, 4.69) is 0 Å². The Morgan fingerprint density at radius 1 is 1.06 bits per heavy atom. The predicted octanol–water partition coefficient (Wildman–Crippen LogP) is 3.43. The lowest BCUT2D eigenvalue weighted by Gasteiger charge is -2.32. The summed E-state index contributed by atoms with van der Waals surface area (Å²) in [5.74, 6) is -0.575. The zero-order valence-corrected chi connectivity index (χ0v) is 12.2. The van der Waals surface area contributed by atoms with Crippen molar-refractivity contribution in [3.63, 3.8) is 0 Å². The molecule has 1 aliphatic rings. The van der Waals surface area contributed by atoms with Crippen LogP contribution < -0.4 is 5.46 Å². The van der Waals surface area contributed by atoms with E-state index in [-0.39, 0.29) is 10.0 Å². The molecule has 98 valence electrons. The third kappa shape index (κ3) is 2.27. The number of hydrogen-bond donors (Lipinski definition) is 0. The topological polar surface area (TPSA) is 18.5 Å². The second-order valence-electron chi connectivity index (χ2n) is 5.38. The molecule has 1 aromatic rings. The molecule has 6 heteroatoms. The average Bonchev–Trinajstić information content (AvgIpc) is 2.42. The summed E-state index contributed by atoms with van der Waals surface area (Å²) >= 11 is 11.8. The molecule has 1 aromatic carbocycles. The monoisotopic (exact) mass is 290 g/mol. The standard InChI is InChI=1S/C12H14BCl2FO2/c1-11(2)12(3,4)18-13(17-11)8-5-7(14)6-9(16)10(8)15/h5-6H,1-4H3. The van der Waals surface area contributed by atoms with Crippen LogP contribution in [0.2, 0.25) is 10.0 Å². The van der Waals surface area contributed by atoms with E-state index in [1.54, 1.807) is 6.07 Å². The van der Waals surface area contributed by atoms with E-state index in [1.807, 2.05) is 27.7 Å². The molecule has 0 aliphatic carbocycles. The fraction of sp³-hybridized carbons (Fsp3) is 0.500. The maximum atomic E-state index is 13.6. The smallest absolute Gasteiger partial charge is 0.399 e. The van der Waals surface area contributed by atoms with Crippen LogP contribution in [0, 0.1) is 5.82 Å². The van der Waals surface area contributed by atoms with E-state index >= 15 is 0 Å². The van der Waals surface area contributed by atoms with Crippen LogP contribution in [0.4, 0.5) is 4.39 Å². The molecule has 0 N–H and O–H groups in total. The predicted molar refractivity (Wildman–Crippen MR) is 72.1 cm³/mol. The van der Waals surface area contributed by atoms with Gasteiger partial charge in [-0.05, 0) is 39.8 Å². The summed E-state index contributed by atoms with van der Waals surface area (Å²) in [7, 11) is -0.712. The van der Waals surface area contributed by atoms with Gasteiger partial charge >= 0.3 is 7.12 Å². The summed E-state index contributed by atoms with van der Waals surface area (Å²) in [4.78, 5) is 0. The first kappa shape index (κ1) is 14.1. The number of halogens is 3. The van der Waals surface area contributed by atoms with Crippen LogP contribution in [0.5, 0.6) is 0 Å². The van der Waals surface area contributed by atoms with Crippen LogP contribution in [0.15, 0.2) is 12.1 Å². The SMILES string of the molecule is CC1(C)OB(c2cc(Cl)cc(F)c2Cl)OC1(C)C. The molecule has 0 bridgehead atoms. The molecule has 1 saturated heterocycles. The minimum atomic E-state index is -0.712. The van der Waals surface area contributed by atoms with Crippen molar-refractivity contribution in [2.24, 2.45) is 0 Å². The summed E-state index contributed by atoms with van der Waals surface area (Å²) in [6.45, 7) is 7.67. The molecule has 0 aromatic heterocycles. The first-order valence-electron chi connectivity index (χ1n) is 5.64. The van der Waals surface area contributed by atoms with Crippen molar-refractivity contribution in [1.82, 2.24) is 0 Å². The highest BCUT2D eigenvalue weighted by Crippen LogP contribution is 2.37. The molecule has 0 amide bonds. The van der Waals surface area contributed by atoms with E-state index in [4.69, 9.17) is 32.5 Å². The largest absolute Gasteiger partial charge is 0.496 e. The summed E-state index contributed by atoms with van der Waals surface area (Å²) in [5.41, 5.74) is -0.583.